The predicted octanol–water partition coefficient (Wildman–Crippen LogP) is -0.419. The zero-order valence-corrected chi connectivity index (χ0v) is 9.56. The maximum atomic E-state index is 12.1. The molecule has 1 aromatic heterocycles. The lowest BCUT2D eigenvalue weighted by Gasteiger charge is -2.31. The molecule has 2 heterocycles. The average Bonchev–Trinajstić information content (AvgIpc) is 2.39. The second-order valence-corrected chi connectivity index (χ2v) is 4.30. The van der Waals surface area contributed by atoms with Gasteiger partial charge in [0, 0.05) is 19.2 Å². The van der Waals surface area contributed by atoms with Crippen LogP contribution in [-0.2, 0) is 0 Å². The smallest absolute Gasteiger partial charge is 0.274 e. The molecule has 0 saturated carbocycles. The zero-order valence-electron chi connectivity index (χ0n) is 9.56. The number of carbonyl (C=O) groups is 1. The van der Waals surface area contributed by atoms with Gasteiger partial charge in [-0.15, -0.1) is 0 Å². The number of likely N-dealkylation sites (tertiary alicyclic amines) is 1. The summed E-state index contributed by atoms with van der Waals surface area (Å²) in [5.74, 6) is 0.231. The van der Waals surface area contributed by atoms with Crippen LogP contribution in [0.5, 0.6) is 0 Å². The van der Waals surface area contributed by atoms with E-state index in [2.05, 4.69) is 10.2 Å². The molecule has 0 bridgehead atoms. The average molecular weight is 236 g/mol. The van der Waals surface area contributed by atoms with Crippen LogP contribution in [-0.4, -0.2) is 40.6 Å². The Kier molecular flexibility index (Phi) is 3.53. The van der Waals surface area contributed by atoms with Crippen molar-refractivity contribution in [1.82, 2.24) is 15.1 Å². The number of hydrogen-bond donors (Lipinski definition) is 2. The van der Waals surface area contributed by atoms with Gasteiger partial charge < -0.3 is 10.6 Å². The molecule has 92 valence electrons. The number of hydrogen-bond acceptors (Lipinski definition) is 4. The van der Waals surface area contributed by atoms with E-state index >= 15 is 0 Å². The number of aromatic amines is 1. The summed E-state index contributed by atoms with van der Waals surface area (Å²) in [4.78, 5) is 24.7. The van der Waals surface area contributed by atoms with Crippen molar-refractivity contribution in [2.45, 2.75) is 12.8 Å². The second-order valence-electron chi connectivity index (χ2n) is 4.30. The first kappa shape index (κ1) is 11.8. The van der Waals surface area contributed by atoms with E-state index in [0.717, 1.165) is 19.4 Å². The lowest BCUT2D eigenvalue weighted by molar-refractivity contribution is 0.0671. The van der Waals surface area contributed by atoms with Crippen molar-refractivity contribution in [1.29, 1.82) is 0 Å². The third-order valence-electron chi connectivity index (χ3n) is 3.04. The SMILES string of the molecule is NC[C@H]1CCCN(C(=O)c2ccc(=O)[nH]n2)C1. The highest BCUT2D eigenvalue weighted by atomic mass is 16.2. The molecule has 0 spiro atoms. The highest BCUT2D eigenvalue weighted by molar-refractivity contribution is 5.92. The molecular weight excluding hydrogens is 220 g/mol. The Balaban J connectivity index is 2.09. The molecule has 2 rings (SSSR count). The summed E-state index contributed by atoms with van der Waals surface area (Å²) in [5, 5.41) is 6.01. The van der Waals surface area contributed by atoms with Gasteiger partial charge in [0.1, 0.15) is 5.69 Å². The largest absolute Gasteiger partial charge is 0.337 e. The first-order valence-electron chi connectivity index (χ1n) is 5.76. The van der Waals surface area contributed by atoms with Crippen molar-refractivity contribution in [2.24, 2.45) is 11.7 Å². The number of H-pyrrole nitrogens is 1. The highest BCUT2D eigenvalue weighted by Gasteiger charge is 2.24. The predicted molar refractivity (Wildman–Crippen MR) is 62.5 cm³/mol. The number of rotatable bonds is 2. The monoisotopic (exact) mass is 236 g/mol. The van der Waals surface area contributed by atoms with Gasteiger partial charge >= 0.3 is 0 Å². The molecule has 1 aliphatic rings. The van der Waals surface area contributed by atoms with E-state index in [-0.39, 0.29) is 17.2 Å². The molecule has 1 aromatic rings. The maximum Gasteiger partial charge on any atom is 0.274 e. The molecule has 0 unspecified atom stereocenters. The molecule has 6 nitrogen and oxygen atoms in total. The fraction of sp³-hybridized carbons (Fsp3) is 0.545. The van der Waals surface area contributed by atoms with Crippen LogP contribution in [0.3, 0.4) is 0 Å². The van der Waals surface area contributed by atoms with Gasteiger partial charge in [-0.1, -0.05) is 0 Å². The normalized spacial score (nSPS) is 20.3. The summed E-state index contributed by atoms with van der Waals surface area (Å²) >= 11 is 0. The van der Waals surface area contributed by atoms with Gasteiger partial charge in [-0.2, -0.15) is 5.10 Å². The quantitative estimate of drug-likeness (QED) is 0.729. The van der Waals surface area contributed by atoms with Gasteiger partial charge in [-0.3, -0.25) is 9.59 Å². The van der Waals surface area contributed by atoms with Crippen LogP contribution in [0.1, 0.15) is 23.3 Å². The highest BCUT2D eigenvalue weighted by Crippen LogP contribution is 2.16. The van der Waals surface area contributed by atoms with E-state index in [1.807, 2.05) is 0 Å². The topological polar surface area (TPSA) is 92.1 Å². The summed E-state index contributed by atoms with van der Waals surface area (Å²) < 4.78 is 0. The zero-order chi connectivity index (χ0) is 12.3. The number of carbonyl (C=O) groups excluding carboxylic acids is 1. The van der Waals surface area contributed by atoms with E-state index in [9.17, 15) is 9.59 Å². The van der Waals surface area contributed by atoms with Crippen molar-refractivity contribution in [2.75, 3.05) is 19.6 Å². The van der Waals surface area contributed by atoms with Crippen molar-refractivity contribution in [3.8, 4) is 0 Å². The number of nitrogens with one attached hydrogen (secondary N) is 1. The lowest BCUT2D eigenvalue weighted by Crippen LogP contribution is -2.42. The molecule has 0 aliphatic carbocycles. The fourth-order valence-corrected chi connectivity index (χ4v) is 2.07. The standard InChI is InChI=1S/C11H16N4O2/c12-6-8-2-1-5-15(7-8)11(17)9-3-4-10(16)14-13-9/h3-4,8H,1-2,5-7,12H2,(H,14,16)/t8-/m1/s1. The van der Waals surface area contributed by atoms with Gasteiger partial charge in [0.25, 0.3) is 11.5 Å². The van der Waals surface area contributed by atoms with Crippen LogP contribution >= 0.6 is 0 Å². The van der Waals surface area contributed by atoms with Gasteiger partial charge in [0.05, 0.1) is 0 Å². The van der Waals surface area contributed by atoms with Crippen LogP contribution < -0.4 is 11.3 Å². The molecule has 6 heteroatoms. The molecule has 0 radical (unpaired) electrons. The molecule has 0 aromatic carbocycles. The van der Waals surface area contributed by atoms with Crippen LogP contribution in [0.4, 0.5) is 0 Å². The molecule has 17 heavy (non-hydrogen) atoms. The second kappa shape index (κ2) is 5.09. The minimum absolute atomic E-state index is 0.139. The van der Waals surface area contributed by atoms with Crippen LogP contribution in [0.15, 0.2) is 16.9 Å². The molecule has 1 fully saturated rings. The molecule has 1 saturated heterocycles. The van der Waals surface area contributed by atoms with Gasteiger partial charge in [0.2, 0.25) is 0 Å². The Morgan fingerprint density at radius 3 is 3.06 bits per heavy atom. The van der Waals surface area contributed by atoms with Crippen molar-refractivity contribution >= 4 is 5.91 Å². The number of piperidine rings is 1. The third kappa shape index (κ3) is 2.71. The number of nitrogens with two attached hydrogens (primary N) is 1. The van der Waals surface area contributed by atoms with Crippen molar-refractivity contribution < 1.29 is 4.79 Å². The van der Waals surface area contributed by atoms with Gasteiger partial charge in [0.15, 0.2) is 0 Å². The van der Waals surface area contributed by atoms with Crippen LogP contribution in [0.25, 0.3) is 0 Å². The molecule has 1 amide bonds. The minimum atomic E-state index is -0.306. The molecule has 3 N–H and O–H groups in total. The number of nitrogens with zero attached hydrogens (tertiary/aromatic N) is 2. The van der Waals surface area contributed by atoms with E-state index in [1.54, 1.807) is 4.90 Å². The Bertz CT molecular complexity index is 437. The van der Waals surface area contributed by atoms with E-state index < -0.39 is 0 Å². The Labute approximate surface area is 98.8 Å². The first-order valence-corrected chi connectivity index (χ1v) is 5.76. The molecule has 1 atom stereocenters. The third-order valence-corrected chi connectivity index (χ3v) is 3.04. The Morgan fingerprint density at radius 1 is 1.59 bits per heavy atom. The van der Waals surface area contributed by atoms with Crippen molar-refractivity contribution in [3.63, 3.8) is 0 Å². The Morgan fingerprint density at radius 2 is 2.41 bits per heavy atom. The van der Waals surface area contributed by atoms with Gasteiger partial charge in [-0.25, -0.2) is 5.10 Å². The van der Waals surface area contributed by atoms with E-state index in [0.29, 0.717) is 19.0 Å². The van der Waals surface area contributed by atoms with Crippen LogP contribution in [0, 0.1) is 5.92 Å². The minimum Gasteiger partial charge on any atom is -0.337 e. The number of aromatic nitrogens is 2. The first-order chi connectivity index (χ1) is 8.20. The van der Waals surface area contributed by atoms with Crippen LogP contribution in [0.2, 0.25) is 0 Å². The van der Waals surface area contributed by atoms with E-state index in [1.165, 1.54) is 12.1 Å². The summed E-state index contributed by atoms with van der Waals surface area (Å²) in [5.41, 5.74) is 5.60. The maximum absolute atomic E-state index is 12.1. The molecular formula is C11H16N4O2. The Hall–Kier alpha value is -1.69. The fourth-order valence-electron chi connectivity index (χ4n) is 2.07. The summed E-state index contributed by atoms with van der Waals surface area (Å²) in [6.07, 6.45) is 2.04. The van der Waals surface area contributed by atoms with Crippen molar-refractivity contribution in [3.05, 3.63) is 28.2 Å². The summed E-state index contributed by atoms with van der Waals surface area (Å²) in [7, 11) is 0. The van der Waals surface area contributed by atoms with E-state index in [4.69, 9.17) is 5.73 Å². The summed E-state index contributed by atoms with van der Waals surface area (Å²) in [6, 6.07) is 2.76. The molecule has 1 aliphatic heterocycles. The number of amides is 1. The lowest BCUT2D eigenvalue weighted by atomic mass is 9.98. The van der Waals surface area contributed by atoms with Gasteiger partial charge in [-0.05, 0) is 31.4 Å². The summed E-state index contributed by atoms with van der Waals surface area (Å²) in [6.45, 7) is 2.01.